The molecule has 20 heavy (non-hydrogen) atoms. The van der Waals surface area contributed by atoms with Crippen LogP contribution < -0.4 is 10.6 Å². The second kappa shape index (κ2) is 6.28. The third-order valence-corrected chi connectivity index (χ3v) is 5.40. The van der Waals surface area contributed by atoms with Crippen LogP contribution in [-0.2, 0) is 19.5 Å². The lowest BCUT2D eigenvalue weighted by atomic mass is 9.83. The molecule has 2 nitrogen and oxygen atoms in total. The van der Waals surface area contributed by atoms with Crippen LogP contribution in [0.5, 0.6) is 0 Å². The maximum absolute atomic E-state index is 3.72. The summed E-state index contributed by atoms with van der Waals surface area (Å²) in [6, 6.07) is 7.03. The number of fused-ring (bicyclic) bond motifs is 1. The van der Waals surface area contributed by atoms with Crippen LogP contribution in [0.4, 0.5) is 0 Å². The molecule has 110 valence electrons. The first kappa shape index (κ1) is 14.1. The molecule has 1 aromatic rings. The molecule has 1 aliphatic carbocycles. The smallest absolute Gasteiger partial charge is 0.0208 e. The zero-order valence-corrected chi connectivity index (χ0v) is 12.8. The van der Waals surface area contributed by atoms with Gasteiger partial charge in [0.1, 0.15) is 0 Å². The van der Waals surface area contributed by atoms with Gasteiger partial charge in [0.05, 0.1) is 0 Å². The van der Waals surface area contributed by atoms with E-state index in [1.54, 1.807) is 0 Å². The number of rotatable bonds is 5. The zero-order chi connectivity index (χ0) is 13.8. The molecule has 1 aromatic carbocycles. The molecule has 0 atom stereocenters. The second-order valence-electron chi connectivity index (χ2n) is 6.69. The molecule has 1 fully saturated rings. The molecule has 1 saturated carbocycles. The van der Waals surface area contributed by atoms with Crippen LogP contribution in [0.3, 0.4) is 0 Å². The van der Waals surface area contributed by atoms with Gasteiger partial charge >= 0.3 is 0 Å². The minimum absolute atomic E-state index is 0.593. The maximum Gasteiger partial charge on any atom is 0.0208 e. The van der Waals surface area contributed by atoms with Crippen molar-refractivity contribution in [1.82, 2.24) is 10.6 Å². The van der Waals surface area contributed by atoms with E-state index in [4.69, 9.17) is 0 Å². The summed E-state index contributed by atoms with van der Waals surface area (Å²) < 4.78 is 0. The molecule has 3 rings (SSSR count). The Morgan fingerprint density at radius 2 is 2.05 bits per heavy atom. The summed E-state index contributed by atoms with van der Waals surface area (Å²) in [5.74, 6) is 0. The third-order valence-electron chi connectivity index (χ3n) is 5.40. The molecule has 0 aromatic heterocycles. The molecule has 0 amide bonds. The lowest BCUT2D eigenvalue weighted by Gasteiger charge is -2.28. The van der Waals surface area contributed by atoms with Crippen LogP contribution >= 0.6 is 0 Å². The zero-order valence-electron chi connectivity index (χ0n) is 12.8. The van der Waals surface area contributed by atoms with Crippen molar-refractivity contribution in [3.8, 4) is 0 Å². The maximum atomic E-state index is 3.72. The molecule has 0 radical (unpaired) electrons. The van der Waals surface area contributed by atoms with E-state index in [0.29, 0.717) is 5.41 Å². The SMILES string of the molecule is CCC1(CNCc2ccc3c(c2)CNCC3)CCCC1. The molecule has 1 heterocycles. The van der Waals surface area contributed by atoms with Gasteiger partial charge in [0, 0.05) is 19.6 Å². The van der Waals surface area contributed by atoms with Gasteiger partial charge in [0.25, 0.3) is 0 Å². The first-order valence-electron chi connectivity index (χ1n) is 8.33. The lowest BCUT2D eigenvalue weighted by molar-refractivity contribution is 0.268. The van der Waals surface area contributed by atoms with E-state index in [1.165, 1.54) is 61.8 Å². The van der Waals surface area contributed by atoms with Crippen molar-refractivity contribution >= 4 is 0 Å². The lowest BCUT2D eigenvalue weighted by Crippen LogP contribution is -2.31. The molecular weight excluding hydrogens is 244 g/mol. The van der Waals surface area contributed by atoms with Gasteiger partial charge in [-0.1, -0.05) is 38.0 Å². The summed E-state index contributed by atoms with van der Waals surface area (Å²) in [5, 5.41) is 7.19. The Bertz CT molecular complexity index is 447. The summed E-state index contributed by atoms with van der Waals surface area (Å²) >= 11 is 0. The van der Waals surface area contributed by atoms with Crippen molar-refractivity contribution in [2.24, 2.45) is 5.41 Å². The largest absolute Gasteiger partial charge is 0.312 e. The van der Waals surface area contributed by atoms with Crippen molar-refractivity contribution in [3.05, 3.63) is 34.9 Å². The van der Waals surface area contributed by atoms with Crippen LogP contribution in [0.2, 0.25) is 0 Å². The Morgan fingerprint density at radius 1 is 1.20 bits per heavy atom. The molecule has 0 unspecified atom stereocenters. The van der Waals surface area contributed by atoms with Gasteiger partial charge in [0.2, 0.25) is 0 Å². The van der Waals surface area contributed by atoms with Crippen molar-refractivity contribution < 1.29 is 0 Å². The highest BCUT2D eigenvalue weighted by Crippen LogP contribution is 2.40. The summed E-state index contributed by atoms with van der Waals surface area (Å²) in [4.78, 5) is 0. The topological polar surface area (TPSA) is 24.1 Å². The highest BCUT2D eigenvalue weighted by molar-refractivity contribution is 5.33. The van der Waals surface area contributed by atoms with Crippen molar-refractivity contribution in [2.75, 3.05) is 13.1 Å². The molecule has 0 saturated heterocycles. The predicted octanol–water partition coefficient (Wildman–Crippen LogP) is 3.39. The van der Waals surface area contributed by atoms with Crippen LogP contribution in [0.1, 0.15) is 55.7 Å². The van der Waals surface area contributed by atoms with Gasteiger partial charge in [-0.25, -0.2) is 0 Å². The third kappa shape index (κ3) is 3.07. The van der Waals surface area contributed by atoms with Crippen LogP contribution in [-0.4, -0.2) is 13.1 Å². The molecule has 0 bridgehead atoms. The summed E-state index contributed by atoms with van der Waals surface area (Å²) in [6.45, 7) is 6.75. The Morgan fingerprint density at radius 3 is 2.85 bits per heavy atom. The number of hydrogen-bond donors (Lipinski definition) is 2. The quantitative estimate of drug-likeness (QED) is 0.858. The molecular formula is C18H28N2. The summed E-state index contributed by atoms with van der Waals surface area (Å²) in [7, 11) is 0. The van der Waals surface area contributed by atoms with E-state index in [2.05, 4.69) is 35.8 Å². The van der Waals surface area contributed by atoms with E-state index in [0.717, 1.165) is 19.6 Å². The molecule has 1 aliphatic heterocycles. The number of hydrogen-bond acceptors (Lipinski definition) is 2. The second-order valence-corrected chi connectivity index (χ2v) is 6.69. The van der Waals surface area contributed by atoms with Crippen molar-refractivity contribution in [1.29, 1.82) is 0 Å². The number of nitrogens with one attached hydrogen (secondary N) is 2. The normalized spacial score (nSPS) is 20.9. The van der Waals surface area contributed by atoms with E-state index in [9.17, 15) is 0 Å². The Balaban J connectivity index is 1.56. The van der Waals surface area contributed by atoms with Gasteiger partial charge < -0.3 is 10.6 Å². The molecule has 0 spiro atoms. The predicted molar refractivity (Wildman–Crippen MR) is 84.8 cm³/mol. The van der Waals surface area contributed by atoms with Crippen molar-refractivity contribution in [3.63, 3.8) is 0 Å². The van der Waals surface area contributed by atoms with Gasteiger partial charge in [0.15, 0.2) is 0 Å². The fourth-order valence-electron chi connectivity index (χ4n) is 3.90. The van der Waals surface area contributed by atoms with Gasteiger partial charge in [-0.3, -0.25) is 0 Å². The van der Waals surface area contributed by atoms with Crippen LogP contribution in [0, 0.1) is 5.41 Å². The highest BCUT2D eigenvalue weighted by Gasteiger charge is 2.31. The summed E-state index contributed by atoms with van der Waals surface area (Å²) in [5.41, 5.74) is 5.07. The minimum atomic E-state index is 0.593. The van der Waals surface area contributed by atoms with Gasteiger partial charge in [-0.15, -0.1) is 0 Å². The fourth-order valence-corrected chi connectivity index (χ4v) is 3.90. The van der Waals surface area contributed by atoms with E-state index < -0.39 is 0 Å². The van der Waals surface area contributed by atoms with E-state index in [1.807, 2.05) is 0 Å². The van der Waals surface area contributed by atoms with Gasteiger partial charge in [-0.05, 0) is 54.3 Å². The van der Waals surface area contributed by atoms with Gasteiger partial charge in [-0.2, -0.15) is 0 Å². The monoisotopic (exact) mass is 272 g/mol. The van der Waals surface area contributed by atoms with Crippen molar-refractivity contribution in [2.45, 2.75) is 58.5 Å². The minimum Gasteiger partial charge on any atom is -0.312 e. The van der Waals surface area contributed by atoms with Crippen LogP contribution in [0.15, 0.2) is 18.2 Å². The first-order chi connectivity index (χ1) is 9.81. The Kier molecular flexibility index (Phi) is 4.42. The molecule has 2 N–H and O–H groups in total. The van der Waals surface area contributed by atoms with E-state index >= 15 is 0 Å². The summed E-state index contributed by atoms with van der Waals surface area (Å²) in [6.07, 6.45) is 8.21. The molecule has 2 aliphatic rings. The first-order valence-corrected chi connectivity index (χ1v) is 8.33. The highest BCUT2D eigenvalue weighted by atomic mass is 14.9. The Labute approximate surface area is 123 Å². The average Bonchev–Trinajstić information content (AvgIpc) is 2.96. The fraction of sp³-hybridized carbons (Fsp3) is 0.667. The average molecular weight is 272 g/mol. The van der Waals surface area contributed by atoms with E-state index in [-0.39, 0.29) is 0 Å². The standard InChI is InChI=1S/C18H28N2/c1-2-18(8-3-4-9-18)14-20-12-15-5-6-16-7-10-19-13-17(16)11-15/h5-6,11,19-20H,2-4,7-10,12-14H2,1H3. The molecule has 2 heteroatoms. The number of benzene rings is 1. The van der Waals surface area contributed by atoms with Crippen LogP contribution in [0.25, 0.3) is 0 Å². The Hall–Kier alpha value is -0.860.